The van der Waals surface area contributed by atoms with E-state index in [1.165, 1.54) is 17.4 Å². The van der Waals surface area contributed by atoms with Crippen molar-refractivity contribution in [1.29, 1.82) is 0 Å². The fraction of sp³-hybridized carbons (Fsp3) is 0.357. The molecule has 1 aliphatic rings. The van der Waals surface area contributed by atoms with E-state index in [0.717, 1.165) is 30.9 Å². The Kier molecular flexibility index (Phi) is 4.20. The monoisotopic (exact) mass is 333 g/mol. The lowest BCUT2D eigenvalue weighted by Crippen LogP contribution is -2.19. The van der Waals surface area contributed by atoms with Gasteiger partial charge in [-0.2, -0.15) is 0 Å². The van der Waals surface area contributed by atoms with Crippen LogP contribution in [0.3, 0.4) is 0 Å². The number of amides is 1. The van der Waals surface area contributed by atoms with Crippen LogP contribution in [0.25, 0.3) is 0 Å². The van der Waals surface area contributed by atoms with Gasteiger partial charge in [0.25, 0.3) is 11.6 Å². The standard InChI is InChI=1S/C14H15N5O3S/c1-9-16-17-14(23-9)15-13(20)10-4-5-11(12(8-10)19(21)22)18-6-2-3-7-18/h4-5,8H,2-3,6-7H2,1H3,(H,15,17,20). The number of hydrogen-bond donors (Lipinski definition) is 1. The quantitative estimate of drug-likeness (QED) is 0.681. The molecule has 1 N–H and O–H groups in total. The fourth-order valence-electron chi connectivity index (χ4n) is 2.55. The van der Waals surface area contributed by atoms with E-state index < -0.39 is 10.8 Å². The van der Waals surface area contributed by atoms with Crippen molar-refractivity contribution in [3.05, 3.63) is 38.9 Å². The highest BCUT2D eigenvalue weighted by atomic mass is 32.1. The molecular formula is C14H15N5O3S. The molecule has 0 atom stereocenters. The van der Waals surface area contributed by atoms with Gasteiger partial charge in [-0.15, -0.1) is 10.2 Å². The highest BCUT2D eigenvalue weighted by Gasteiger charge is 2.24. The third-order valence-electron chi connectivity index (χ3n) is 3.63. The summed E-state index contributed by atoms with van der Waals surface area (Å²) in [6.07, 6.45) is 2.05. The van der Waals surface area contributed by atoms with E-state index in [0.29, 0.717) is 10.8 Å². The summed E-state index contributed by atoms with van der Waals surface area (Å²) in [7, 11) is 0. The lowest BCUT2D eigenvalue weighted by molar-refractivity contribution is -0.384. The number of aryl methyl sites for hydroxylation is 1. The van der Waals surface area contributed by atoms with Crippen LogP contribution in [0.2, 0.25) is 0 Å². The van der Waals surface area contributed by atoms with Crippen LogP contribution in [0.1, 0.15) is 28.2 Å². The van der Waals surface area contributed by atoms with Crippen molar-refractivity contribution < 1.29 is 9.72 Å². The van der Waals surface area contributed by atoms with E-state index in [1.807, 2.05) is 4.90 Å². The molecule has 0 unspecified atom stereocenters. The van der Waals surface area contributed by atoms with Crippen LogP contribution in [-0.4, -0.2) is 34.1 Å². The molecule has 120 valence electrons. The highest BCUT2D eigenvalue weighted by Crippen LogP contribution is 2.31. The Bertz CT molecular complexity index is 755. The lowest BCUT2D eigenvalue weighted by atomic mass is 10.1. The molecule has 1 aromatic heterocycles. The summed E-state index contributed by atoms with van der Waals surface area (Å²) in [6.45, 7) is 3.38. The number of nitro benzene ring substituents is 1. The molecule has 3 rings (SSSR count). The Labute approximate surface area is 136 Å². The number of carbonyl (C=O) groups excluding carboxylic acids is 1. The van der Waals surface area contributed by atoms with Crippen LogP contribution in [0.15, 0.2) is 18.2 Å². The van der Waals surface area contributed by atoms with Crippen molar-refractivity contribution in [2.24, 2.45) is 0 Å². The van der Waals surface area contributed by atoms with Crippen LogP contribution in [0, 0.1) is 17.0 Å². The molecule has 0 spiro atoms. The Morgan fingerprint density at radius 2 is 2.09 bits per heavy atom. The van der Waals surface area contributed by atoms with Gasteiger partial charge in [-0.25, -0.2) is 0 Å². The number of nitro groups is 1. The molecule has 1 aromatic carbocycles. The molecule has 2 heterocycles. The number of carbonyl (C=O) groups is 1. The van der Waals surface area contributed by atoms with Crippen LogP contribution in [-0.2, 0) is 0 Å². The minimum absolute atomic E-state index is 0.0482. The SMILES string of the molecule is Cc1nnc(NC(=O)c2ccc(N3CCCC3)c([N+](=O)[O-])c2)s1. The smallest absolute Gasteiger partial charge is 0.293 e. The van der Waals surface area contributed by atoms with Gasteiger partial charge in [0.2, 0.25) is 5.13 Å². The summed E-state index contributed by atoms with van der Waals surface area (Å²) in [5.74, 6) is -0.433. The van der Waals surface area contributed by atoms with Gasteiger partial charge in [-0.3, -0.25) is 20.2 Å². The van der Waals surface area contributed by atoms with Crippen LogP contribution in [0.5, 0.6) is 0 Å². The summed E-state index contributed by atoms with van der Waals surface area (Å²) >= 11 is 1.25. The van der Waals surface area contributed by atoms with Gasteiger partial charge in [-0.05, 0) is 31.9 Å². The summed E-state index contributed by atoms with van der Waals surface area (Å²) in [5, 5.41) is 22.7. The molecule has 9 heteroatoms. The van der Waals surface area contributed by atoms with Crippen molar-refractivity contribution in [2.75, 3.05) is 23.3 Å². The fourth-order valence-corrected chi connectivity index (χ4v) is 3.14. The molecule has 1 amide bonds. The van der Waals surface area contributed by atoms with E-state index in [2.05, 4.69) is 15.5 Å². The molecule has 1 fully saturated rings. The van der Waals surface area contributed by atoms with Crippen LogP contribution >= 0.6 is 11.3 Å². The molecule has 2 aromatic rings. The topological polar surface area (TPSA) is 101 Å². The molecule has 1 saturated heterocycles. The highest BCUT2D eigenvalue weighted by molar-refractivity contribution is 7.15. The van der Waals surface area contributed by atoms with Crippen molar-refractivity contribution in [1.82, 2.24) is 10.2 Å². The summed E-state index contributed by atoms with van der Waals surface area (Å²) in [4.78, 5) is 25.1. The normalized spacial score (nSPS) is 14.0. The van der Waals surface area contributed by atoms with Gasteiger partial charge in [0, 0.05) is 24.7 Å². The Morgan fingerprint density at radius 3 is 2.70 bits per heavy atom. The average Bonchev–Trinajstić information content (AvgIpc) is 3.18. The van der Waals surface area contributed by atoms with E-state index in [9.17, 15) is 14.9 Å². The zero-order valence-electron chi connectivity index (χ0n) is 12.5. The molecule has 8 nitrogen and oxygen atoms in total. The summed E-state index contributed by atoms with van der Waals surface area (Å²) in [5.41, 5.74) is 0.747. The largest absolute Gasteiger partial charge is 0.366 e. The number of nitrogens with one attached hydrogen (secondary N) is 1. The minimum atomic E-state index is -0.445. The molecule has 0 bridgehead atoms. The second-order valence-corrected chi connectivity index (χ2v) is 6.42. The number of rotatable bonds is 4. The van der Waals surface area contributed by atoms with Crippen molar-refractivity contribution in [3.63, 3.8) is 0 Å². The Morgan fingerprint density at radius 1 is 1.35 bits per heavy atom. The number of hydrogen-bond acceptors (Lipinski definition) is 7. The van der Waals surface area contributed by atoms with Gasteiger partial charge in [0.1, 0.15) is 10.7 Å². The third kappa shape index (κ3) is 3.29. The molecule has 1 aliphatic heterocycles. The van der Waals surface area contributed by atoms with Crippen molar-refractivity contribution >= 4 is 33.8 Å². The zero-order chi connectivity index (χ0) is 16.4. The third-order valence-corrected chi connectivity index (χ3v) is 4.38. The molecular weight excluding hydrogens is 318 g/mol. The van der Waals surface area contributed by atoms with Crippen LogP contribution in [0.4, 0.5) is 16.5 Å². The maximum Gasteiger partial charge on any atom is 0.293 e. The molecule has 23 heavy (non-hydrogen) atoms. The first-order chi connectivity index (χ1) is 11.0. The Balaban J connectivity index is 1.86. The van der Waals surface area contributed by atoms with E-state index >= 15 is 0 Å². The van der Waals surface area contributed by atoms with Gasteiger partial charge < -0.3 is 4.90 Å². The first-order valence-corrected chi connectivity index (χ1v) is 8.01. The number of anilines is 2. The first kappa shape index (κ1) is 15.3. The van der Waals surface area contributed by atoms with Crippen molar-refractivity contribution in [3.8, 4) is 0 Å². The number of aromatic nitrogens is 2. The lowest BCUT2D eigenvalue weighted by Gasteiger charge is -2.17. The predicted molar refractivity (Wildman–Crippen MR) is 87.1 cm³/mol. The van der Waals surface area contributed by atoms with Crippen molar-refractivity contribution in [2.45, 2.75) is 19.8 Å². The second-order valence-electron chi connectivity index (χ2n) is 5.24. The predicted octanol–water partition coefficient (Wildman–Crippen LogP) is 2.61. The van der Waals surface area contributed by atoms with E-state index in [1.54, 1.807) is 19.1 Å². The summed E-state index contributed by atoms with van der Waals surface area (Å²) in [6, 6.07) is 4.56. The van der Waals surface area contributed by atoms with E-state index in [-0.39, 0.29) is 11.3 Å². The Hall–Kier alpha value is -2.55. The minimum Gasteiger partial charge on any atom is -0.366 e. The second kappa shape index (κ2) is 6.29. The molecule has 0 saturated carbocycles. The maximum atomic E-state index is 12.2. The van der Waals surface area contributed by atoms with Gasteiger partial charge in [-0.1, -0.05) is 11.3 Å². The zero-order valence-corrected chi connectivity index (χ0v) is 13.3. The molecule has 0 radical (unpaired) electrons. The van der Waals surface area contributed by atoms with Gasteiger partial charge >= 0.3 is 0 Å². The van der Waals surface area contributed by atoms with Crippen LogP contribution < -0.4 is 10.2 Å². The average molecular weight is 333 g/mol. The number of benzene rings is 1. The maximum absolute atomic E-state index is 12.2. The molecule has 0 aliphatic carbocycles. The first-order valence-electron chi connectivity index (χ1n) is 7.19. The van der Waals surface area contributed by atoms with Gasteiger partial charge in [0.15, 0.2) is 0 Å². The van der Waals surface area contributed by atoms with E-state index in [4.69, 9.17) is 0 Å². The number of nitrogens with zero attached hydrogens (tertiary/aromatic N) is 4. The summed E-state index contributed by atoms with van der Waals surface area (Å²) < 4.78 is 0. The van der Waals surface area contributed by atoms with Gasteiger partial charge in [0.05, 0.1) is 4.92 Å².